The molecule has 5 nitrogen and oxygen atoms in total. The van der Waals surface area contributed by atoms with Crippen molar-refractivity contribution in [1.82, 2.24) is 19.5 Å². The number of aromatic nitrogens is 4. The molecule has 0 aliphatic heterocycles. The molecular weight excluding hydrogens is 481 g/mol. The van der Waals surface area contributed by atoms with Crippen LogP contribution in [-0.4, -0.2) is 19.5 Å². The third-order valence-electron chi connectivity index (χ3n) is 4.18. The molecule has 126 valence electrons. The molecule has 0 bridgehead atoms. The lowest BCUT2D eigenvalue weighted by atomic mass is 10.1. The van der Waals surface area contributed by atoms with E-state index in [1.165, 1.54) is 20.3 Å². The predicted molar refractivity (Wildman–Crippen MR) is 109 cm³/mol. The van der Waals surface area contributed by atoms with Gasteiger partial charge < -0.3 is 10.3 Å². The second-order valence-corrected chi connectivity index (χ2v) is 8.10. The number of pyridine rings is 1. The van der Waals surface area contributed by atoms with Gasteiger partial charge in [-0.25, -0.2) is 4.98 Å². The standard InChI is InChI=1S/C17H19BrIN5/c1-8(2)11-6-24(16-13(11)15(18)22-17(20)23-16)7-12-10(4)14(19)9(3)5-21-12/h5-6,8H,7H2,1-4H3,(H2,20,22,23). The lowest BCUT2D eigenvalue weighted by molar-refractivity contribution is 0.774. The minimum Gasteiger partial charge on any atom is -0.368 e. The van der Waals surface area contributed by atoms with Gasteiger partial charge in [-0.15, -0.1) is 0 Å². The molecule has 7 heteroatoms. The van der Waals surface area contributed by atoms with E-state index in [1.807, 2.05) is 6.20 Å². The minimum atomic E-state index is 0.271. The Morgan fingerprint density at radius 1 is 1.29 bits per heavy atom. The Morgan fingerprint density at radius 3 is 2.67 bits per heavy atom. The molecule has 0 amide bonds. The number of hydrogen-bond donors (Lipinski definition) is 1. The fraction of sp³-hybridized carbons (Fsp3) is 0.353. The maximum absolute atomic E-state index is 5.86. The van der Waals surface area contributed by atoms with E-state index in [0.717, 1.165) is 21.3 Å². The summed E-state index contributed by atoms with van der Waals surface area (Å²) in [5.41, 5.74) is 11.4. The van der Waals surface area contributed by atoms with Crippen molar-refractivity contribution in [3.8, 4) is 0 Å². The summed E-state index contributed by atoms with van der Waals surface area (Å²) in [6.07, 6.45) is 4.07. The Kier molecular flexibility index (Phi) is 4.83. The van der Waals surface area contributed by atoms with Crippen LogP contribution in [0.15, 0.2) is 17.0 Å². The van der Waals surface area contributed by atoms with Gasteiger partial charge in [0, 0.05) is 16.0 Å². The first-order valence-corrected chi connectivity index (χ1v) is 9.59. The van der Waals surface area contributed by atoms with Crippen molar-refractivity contribution in [2.75, 3.05) is 5.73 Å². The van der Waals surface area contributed by atoms with Crippen molar-refractivity contribution in [1.29, 1.82) is 0 Å². The summed E-state index contributed by atoms with van der Waals surface area (Å²) in [5, 5.41) is 1.03. The largest absolute Gasteiger partial charge is 0.368 e. The minimum absolute atomic E-state index is 0.271. The number of fused-ring (bicyclic) bond motifs is 1. The second kappa shape index (κ2) is 6.59. The summed E-state index contributed by atoms with van der Waals surface area (Å²) in [6.45, 7) is 9.19. The Bertz CT molecular complexity index is 933. The van der Waals surface area contributed by atoms with E-state index in [9.17, 15) is 0 Å². The molecule has 0 aromatic carbocycles. The number of rotatable bonds is 3. The van der Waals surface area contributed by atoms with E-state index in [-0.39, 0.29) is 5.95 Å². The highest BCUT2D eigenvalue weighted by Crippen LogP contribution is 2.32. The molecule has 2 N–H and O–H groups in total. The molecule has 0 aliphatic rings. The quantitative estimate of drug-likeness (QED) is 0.423. The lowest BCUT2D eigenvalue weighted by Crippen LogP contribution is -2.07. The molecule has 0 unspecified atom stereocenters. The maximum atomic E-state index is 5.86. The highest BCUT2D eigenvalue weighted by Gasteiger charge is 2.18. The maximum Gasteiger partial charge on any atom is 0.223 e. The van der Waals surface area contributed by atoms with Crippen LogP contribution in [0.3, 0.4) is 0 Å². The number of halogens is 2. The zero-order valence-corrected chi connectivity index (χ0v) is 17.8. The highest BCUT2D eigenvalue weighted by atomic mass is 127. The SMILES string of the molecule is Cc1cnc(Cn2cc(C(C)C)c3c(Br)nc(N)nc32)c(C)c1I. The third kappa shape index (κ3) is 3.03. The van der Waals surface area contributed by atoms with Crippen LogP contribution in [0.1, 0.15) is 42.1 Å². The summed E-state index contributed by atoms with van der Waals surface area (Å²) in [5.74, 6) is 0.636. The first-order valence-electron chi connectivity index (χ1n) is 7.72. The molecule has 3 rings (SSSR count). The van der Waals surface area contributed by atoms with Gasteiger partial charge in [-0.1, -0.05) is 13.8 Å². The average Bonchev–Trinajstić information content (AvgIpc) is 2.87. The molecular formula is C17H19BrIN5. The Balaban J connectivity index is 2.19. The predicted octanol–water partition coefficient (Wildman–Crippen LogP) is 4.56. The van der Waals surface area contributed by atoms with Crippen molar-refractivity contribution in [3.05, 3.63) is 43.0 Å². The van der Waals surface area contributed by atoms with Crippen LogP contribution < -0.4 is 5.73 Å². The molecule has 0 saturated carbocycles. The lowest BCUT2D eigenvalue weighted by Gasteiger charge is -2.10. The first-order chi connectivity index (χ1) is 11.3. The zero-order valence-electron chi connectivity index (χ0n) is 14.1. The van der Waals surface area contributed by atoms with Gasteiger partial charge in [-0.2, -0.15) is 4.98 Å². The number of nitrogen functional groups attached to an aromatic ring is 1. The van der Waals surface area contributed by atoms with Crippen LogP contribution in [0.2, 0.25) is 0 Å². The summed E-state index contributed by atoms with van der Waals surface area (Å²) in [7, 11) is 0. The van der Waals surface area contributed by atoms with Gasteiger partial charge in [-0.3, -0.25) is 4.98 Å². The normalized spacial score (nSPS) is 11.6. The van der Waals surface area contributed by atoms with Gasteiger partial charge in [0.1, 0.15) is 10.3 Å². The molecule has 0 saturated heterocycles. The van der Waals surface area contributed by atoms with Gasteiger partial charge in [0.25, 0.3) is 0 Å². The van der Waals surface area contributed by atoms with Gasteiger partial charge in [-0.05, 0) is 75.0 Å². The number of hydrogen-bond acceptors (Lipinski definition) is 4. The average molecular weight is 500 g/mol. The third-order valence-corrected chi connectivity index (χ3v) is 6.42. The Hall–Kier alpha value is -1.22. The number of nitrogens with two attached hydrogens (primary N) is 1. The van der Waals surface area contributed by atoms with E-state index in [0.29, 0.717) is 12.5 Å². The van der Waals surface area contributed by atoms with Crippen LogP contribution >= 0.6 is 38.5 Å². The van der Waals surface area contributed by atoms with E-state index < -0.39 is 0 Å². The van der Waals surface area contributed by atoms with Crippen molar-refractivity contribution < 1.29 is 0 Å². The van der Waals surface area contributed by atoms with Crippen molar-refractivity contribution in [3.63, 3.8) is 0 Å². The topological polar surface area (TPSA) is 69.6 Å². The van der Waals surface area contributed by atoms with Gasteiger partial charge in [0.05, 0.1) is 17.6 Å². The molecule has 0 aliphatic carbocycles. The Morgan fingerprint density at radius 2 is 2.00 bits per heavy atom. The first kappa shape index (κ1) is 17.6. The van der Waals surface area contributed by atoms with E-state index in [1.54, 1.807) is 0 Å². The van der Waals surface area contributed by atoms with Crippen molar-refractivity contribution in [2.45, 2.75) is 40.2 Å². The zero-order chi connectivity index (χ0) is 17.6. The molecule has 0 fully saturated rings. The second-order valence-electron chi connectivity index (χ2n) is 6.27. The number of anilines is 1. The highest BCUT2D eigenvalue weighted by molar-refractivity contribution is 14.1. The fourth-order valence-electron chi connectivity index (χ4n) is 2.82. The van der Waals surface area contributed by atoms with Crippen LogP contribution in [0, 0.1) is 17.4 Å². The fourth-order valence-corrected chi connectivity index (χ4v) is 3.86. The van der Waals surface area contributed by atoms with Gasteiger partial charge in [0.15, 0.2) is 0 Å². The van der Waals surface area contributed by atoms with Crippen molar-refractivity contribution in [2.24, 2.45) is 0 Å². The summed E-state index contributed by atoms with van der Waals surface area (Å²) >= 11 is 5.92. The monoisotopic (exact) mass is 499 g/mol. The van der Waals surface area contributed by atoms with Crippen LogP contribution in [0.5, 0.6) is 0 Å². The van der Waals surface area contributed by atoms with Gasteiger partial charge in [0.2, 0.25) is 5.95 Å². The van der Waals surface area contributed by atoms with E-state index >= 15 is 0 Å². The van der Waals surface area contributed by atoms with Crippen molar-refractivity contribution >= 4 is 55.5 Å². The Labute approximate surface area is 163 Å². The van der Waals surface area contributed by atoms with Gasteiger partial charge >= 0.3 is 0 Å². The summed E-state index contributed by atoms with van der Waals surface area (Å²) in [4.78, 5) is 13.4. The van der Waals surface area contributed by atoms with Crippen LogP contribution in [-0.2, 0) is 6.54 Å². The smallest absolute Gasteiger partial charge is 0.223 e. The summed E-state index contributed by atoms with van der Waals surface area (Å²) < 4.78 is 4.12. The molecule has 3 aromatic rings. The molecule has 0 spiro atoms. The van der Waals surface area contributed by atoms with E-state index in [4.69, 9.17) is 5.73 Å². The van der Waals surface area contributed by atoms with Crippen LogP contribution in [0.4, 0.5) is 5.95 Å². The molecule has 3 heterocycles. The molecule has 3 aromatic heterocycles. The summed E-state index contributed by atoms with van der Waals surface area (Å²) in [6, 6.07) is 0. The number of aryl methyl sites for hydroxylation is 1. The van der Waals surface area contributed by atoms with E-state index in [2.05, 4.69) is 91.9 Å². The molecule has 0 radical (unpaired) electrons. The molecule has 24 heavy (non-hydrogen) atoms. The molecule has 0 atom stereocenters. The van der Waals surface area contributed by atoms with Crippen LogP contribution in [0.25, 0.3) is 11.0 Å². The number of nitrogens with zero attached hydrogens (tertiary/aromatic N) is 4.